The fraction of sp³-hybridized carbons (Fsp3) is 0.280. The van der Waals surface area contributed by atoms with E-state index in [-0.39, 0.29) is 13.1 Å². The first-order chi connectivity index (χ1) is 15.9. The van der Waals surface area contributed by atoms with Gasteiger partial charge in [-0.25, -0.2) is 18.7 Å². The van der Waals surface area contributed by atoms with Crippen LogP contribution in [0, 0.1) is 0 Å². The third-order valence-electron chi connectivity index (χ3n) is 6.30. The van der Waals surface area contributed by atoms with Gasteiger partial charge in [-0.05, 0) is 49.4 Å². The number of rotatable bonds is 3. The van der Waals surface area contributed by atoms with Gasteiger partial charge in [-0.15, -0.1) is 11.3 Å². The number of hydrogen-bond acceptors (Lipinski definition) is 6. The second-order valence-electron chi connectivity index (χ2n) is 8.82. The minimum Gasteiger partial charge on any atom is -0.382 e. The molecule has 0 bridgehead atoms. The van der Waals surface area contributed by atoms with Gasteiger partial charge < -0.3 is 15.5 Å². The molecule has 1 atom stereocenters. The molecule has 0 aliphatic carbocycles. The average molecular weight is 464 g/mol. The third-order valence-corrected chi connectivity index (χ3v) is 7.45. The summed E-state index contributed by atoms with van der Waals surface area (Å²) in [5, 5.41) is 9.50. The molecule has 5 nitrogen and oxygen atoms in total. The first-order valence-electron chi connectivity index (χ1n) is 11.0. The summed E-state index contributed by atoms with van der Waals surface area (Å²) in [6, 6.07) is 12.4. The van der Waals surface area contributed by atoms with Crippen LogP contribution in [0.1, 0.15) is 17.5 Å². The minimum atomic E-state index is -2.65. The number of benzene rings is 1. The lowest BCUT2D eigenvalue weighted by atomic mass is 10.0. The highest BCUT2D eigenvalue weighted by molar-refractivity contribution is 7.20. The van der Waals surface area contributed by atoms with E-state index >= 15 is 0 Å². The third kappa shape index (κ3) is 3.54. The summed E-state index contributed by atoms with van der Waals surface area (Å²) in [5.74, 6) is -2.13. The van der Waals surface area contributed by atoms with Crippen molar-refractivity contribution in [2.75, 3.05) is 29.9 Å². The number of anilines is 2. The molecule has 168 valence electrons. The molecule has 5 heterocycles. The van der Waals surface area contributed by atoms with E-state index in [4.69, 9.17) is 4.98 Å². The molecule has 1 saturated heterocycles. The highest BCUT2D eigenvalue weighted by Gasteiger charge is 2.44. The monoisotopic (exact) mass is 463 g/mol. The van der Waals surface area contributed by atoms with E-state index in [1.165, 1.54) is 20.7 Å². The largest absolute Gasteiger partial charge is 0.382 e. The molecule has 8 heteroatoms. The van der Waals surface area contributed by atoms with E-state index in [1.807, 2.05) is 29.5 Å². The number of aromatic nitrogens is 2. The topological polar surface area (TPSA) is 53.1 Å². The Bertz CT molecular complexity index is 1410. The molecule has 2 N–H and O–H groups in total. The Hall–Kier alpha value is -3.10. The molecule has 0 spiro atoms. The van der Waals surface area contributed by atoms with Gasteiger partial charge in [-0.1, -0.05) is 6.58 Å². The zero-order valence-corrected chi connectivity index (χ0v) is 19.0. The quantitative estimate of drug-likeness (QED) is 0.419. The summed E-state index contributed by atoms with van der Waals surface area (Å²) in [5.41, 5.74) is 4.37. The van der Waals surface area contributed by atoms with Crippen molar-refractivity contribution >= 4 is 49.9 Å². The molecule has 3 aromatic heterocycles. The number of halogens is 2. The summed E-state index contributed by atoms with van der Waals surface area (Å²) in [7, 11) is 0. The van der Waals surface area contributed by atoms with Crippen LogP contribution in [0.3, 0.4) is 0 Å². The smallest absolute Gasteiger partial charge is 0.282 e. The number of nitrogens with zero attached hydrogens (tertiary/aromatic N) is 3. The predicted molar refractivity (Wildman–Crippen MR) is 132 cm³/mol. The van der Waals surface area contributed by atoms with Crippen LogP contribution in [0.2, 0.25) is 0 Å². The maximum atomic E-state index is 13.4. The molecule has 2 aliphatic heterocycles. The summed E-state index contributed by atoms with van der Waals surface area (Å²) in [6.45, 7) is 7.10. The summed E-state index contributed by atoms with van der Waals surface area (Å²) in [4.78, 5) is 12.3. The number of hydrogen-bond donors (Lipinski definition) is 2. The number of thiophene rings is 1. The molecule has 6 rings (SSSR count). The molecular weight excluding hydrogens is 440 g/mol. The van der Waals surface area contributed by atoms with Crippen molar-refractivity contribution < 1.29 is 8.78 Å². The van der Waals surface area contributed by atoms with Gasteiger partial charge in [0.2, 0.25) is 0 Å². The highest BCUT2D eigenvalue weighted by Crippen LogP contribution is 2.41. The fourth-order valence-electron chi connectivity index (χ4n) is 4.54. The second-order valence-corrected chi connectivity index (χ2v) is 9.96. The van der Waals surface area contributed by atoms with Crippen molar-refractivity contribution in [1.29, 1.82) is 0 Å². The Morgan fingerprint density at radius 1 is 1.18 bits per heavy atom. The molecular formula is C25H23F2N5S. The van der Waals surface area contributed by atoms with Gasteiger partial charge in [0.05, 0.1) is 35.7 Å². The molecule has 0 saturated carbocycles. The first-order valence-corrected chi connectivity index (χ1v) is 11.8. The maximum Gasteiger partial charge on any atom is 0.282 e. The molecule has 0 radical (unpaired) electrons. The molecule has 0 unspecified atom stereocenters. The van der Waals surface area contributed by atoms with Crippen molar-refractivity contribution in [1.82, 2.24) is 15.3 Å². The highest BCUT2D eigenvalue weighted by atomic mass is 32.1. The molecule has 2 aliphatic rings. The Morgan fingerprint density at radius 3 is 2.82 bits per heavy atom. The van der Waals surface area contributed by atoms with E-state index in [0.29, 0.717) is 17.6 Å². The van der Waals surface area contributed by atoms with E-state index in [1.54, 1.807) is 11.0 Å². The summed E-state index contributed by atoms with van der Waals surface area (Å²) in [6.07, 6.45) is 1.64. The Balaban J connectivity index is 1.44. The van der Waals surface area contributed by atoms with E-state index in [9.17, 15) is 8.78 Å². The Labute approximate surface area is 194 Å². The van der Waals surface area contributed by atoms with Crippen molar-refractivity contribution in [3.8, 4) is 11.3 Å². The van der Waals surface area contributed by atoms with Crippen LogP contribution in [0.25, 0.3) is 38.3 Å². The average Bonchev–Trinajstić information content (AvgIpc) is 3.06. The maximum absolute atomic E-state index is 13.4. The van der Waals surface area contributed by atoms with E-state index < -0.39 is 5.92 Å². The van der Waals surface area contributed by atoms with Crippen LogP contribution in [0.15, 0.2) is 43.0 Å². The lowest BCUT2D eigenvalue weighted by Crippen LogP contribution is -2.56. The standard InChI is InChI=1S/C25H23F2N5S/c1-3-16-8-15(9-22(30-16)32-12-25(26,27)13-32)18-5-4-17-19(31-18)6-7-20-23(17)24-21(33-20)11-28-14(2)10-29-24/h3-9,14,28-29H,1,10-13H2,2H3/t14-/m1/s1. The van der Waals surface area contributed by atoms with Gasteiger partial charge in [0, 0.05) is 45.0 Å². The minimum absolute atomic E-state index is 0.313. The number of nitrogens with one attached hydrogen (secondary N) is 2. The van der Waals surface area contributed by atoms with Gasteiger partial charge >= 0.3 is 0 Å². The van der Waals surface area contributed by atoms with E-state index in [0.717, 1.165) is 35.2 Å². The summed E-state index contributed by atoms with van der Waals surface area (Å²) < 4.78 is 28.1. The lowest BCUT2D eigenvalue weighted by molar-refractivity contribution is -0.0267. The normalized spacial score (nSPS) is 19.6. The number of alkyl halides is 2. The molecule has 1 fully saturated rings. The van der Waals surface area contributed by atoms with Gasteiger partial charge in [-0.3, -0.25) is 0 Å². The van der Waals surface area contributed by atoms with E-state index in [2.05, 4.69) is 47.3 Å². The van der Waals surface area contributed by atoms with Crippen LogP contribution < -0.4 is 15.5 Å². The zero-order chi connectivity index (χ0) is 22.7. The lowest BCUT2D eigenvalue weighted by Gasteiger charge is -2.39. The van der Waals surface area contributed by atoms with Crippen molar-refractivity contribution in [3.05, 3.63) is 53.5 Å². The van der Waals surface area contributed by atoms with Gasteiger partial charge in [0.25, 0.3) is 5.92 Å². The van der Waals surface area contributed by atoms with Gasteiger partial charge in [-0.2, -0.15) is 0 Å². The molecule has 0 amide bonds. The molecule has 33 heavy (non-hydrogen) atoms. The number of fused-ring (bicyclic) bond motifs is 5. The summed E-state index contributed by atoms with van der Waals surface area (Å²) >= 11 is 1.81. The van der Waals surface area contributed by atoms with Crippen molar-refractivity contribution in [2.24, 2.45) is 0 Å². The van der Waals surface area contributed by atoms with Crippen LogP contribution in [-0.2, 0) is 6.54 Å². The van der Waals surface area contributed by atoms with Crippen molar-refractivity contribution in [2.45, 2.75) is 25.4 Å². The fourth-order valence-corrected chi connectivity index (χ4v) is 5.69. The van der Waals surface area contributed by atoms with Gasteiger partial charge in [0.15, 0.2) is 0 Å². The van der Waals surface area contributed by atoms with Crippen molar-refractivity contribution in [3.63, 3.8) is 0 Å². The molecule has 1 aromatic carbocycles. The van der Waals surface area contributed by atoms with Crippen LogP contribution in [-0.4, -0.2) is 41.6 Å². The van der Waals surface area contributed by atoms with Crippen LogP contribution in [0.4, 0.5) is 20.3 Å². The van der Waals surface area contributed by atoms with Gasteiger partial charge in [0.1, 0.15) is 5.82 Å². The first kappa shape index (κ1) is 20.5. The van der Waals surface area contributed by atoms with Crippen LogP contribution in [0.5, 0.6) is 0 Å². The molecule has 4 aromatic rings. The number of pyridine rings is 2. The Morgan fingerprint density at radius 2 is 2.03 bits per heavy atom. The SMILES string of the molecule is C=Cc1cc(-c2ccc3c(ccc4sc5c(c43)NC[C@@H](C)NC5)n2)cc(N2CC(F)(F)C2)n1. The second kappa shape index (κ2) is 7.46. The Kier molecular flexibility index (Phi) is 4.64. The predicted octanol–water partition coefficient (Wildman–Crippen LogP) is 5.51. The zero-order valence-electron chi connectivity index (χ0n) is 18.2. The van der Waals surface area contributed by atoms with Crippen LogP contribution >= 0.6 is 11.3 Å².